The lowest BCUT2D eigenvalue weighted by molar-refractivity contribution is 0.668. The smallest absolute Gasteiger partial charge is 0.135 e. The fourth-order valence-electron chi connectivity index (χ4n) is 7.07. The van der Waals surface area contributed by atoms with Gasteiger partial charge in [0.25, 0.3) is 0 Å². The Morgan fingerprint density at radius 2 is 0.851 bits per heavy atom. The van der Waals surface area contributed by atoms with E-state index in [1.165, 1.54) is 44.1 Å². The summed E-state index contributed by atoms with van der Waals surface area (Å²) in [6.45, 7) is 0. The van der Waals surface area contributed by atoms with Crippen LogP contribution >= 0.6 is 12.6 Å². The summed E-state index contributed by atoms with van der Waals surface area (Å²) in [6.07, 6.45) is 1.69. The van der Waals surface area contributed by atoms with Crippen molar-refractivity contribution in [1.29, 1.82) is 0 Å². The predicted molar refractivity (Wildman–Crippen MR) is 201 cm³/mol. The highest BCUT2D eigenvalue weighted by Crippen LogP contribution is 2.38. The number of rotatable bonds is 3. The molecule has 0 N–H and O–H groups in total. The molecule has 3 nitrogen and oxygen atoms in total. The molecule has 4 heteroatoms. The summed E-state index contributed by atoms with van der Waals surface area (Å²) in [4.78, 5) is 0. The Morgan fingerprint density at radius 3 is 1.55 bits per heavy atom. The SMILES string of the molecule is CS.c1cc(-c2ccc3oc4ccccc4c3c2)cc(-c2ccc3c(c2)c2ccccc2n3-c2ccc3oc4ccccc4c3c2)c1. The standard InChI is InChI=1S/C42H25NO2.CH4S/c1-4-13-37-31(10-1)34-23-28(16-19-38(34)43(37)30-18-21-42-36(25-30)33-12-3-6-15-40(33)45-42)26-8-7-9-27(22-26)29-17-20-41-35(24-29)32-11-2-5-14-39(32)44-41;1-2/h1-25H;2H,1H3. The Hall–Kier alpha value is -5.71. The minimum Gasteiger partial charge on any atom is -0.456 e. The number of hydrogen-bond acceptors (Lipinski definition) is 3. The van der Waals surface area contributed by atoms with Gasteiger partial charge in [-0.1, -0.05) is 84.9 Å². The summed E-state index contributed by atoms with van der Waals surface area (Å²) in [5.74, 6) is 0. The Bertz CT molecular complexity index is 2780. The average Bonchev–Trinajstić information content (AvgIpc) is 3.81. The zero-order valence-electron chi connectivity index (χ0n) is 25.6. The highest BCUT2D eigenvalue weighted by molar-refractivity contribution is 7.79. The van der Waals surface area contributed by atoms with Crippen LogP contribution in [0.3, 0.4) is 0 Å². The lowest BCUT2D eigenvalue weighted by Gasteiger charge is -2.09. The summed E-state index contributed by atoms with van der Waals surface area (Å²) in [6, 6.07) is 53.8. The van der Waals surface area contributed by atoms with Gasteiger partial charge >= 0.3 is 0 Å². The summed E-state index contributed by atoms with van der Waals surface area (Å²) < 4.78 is 14.6. The quantitative estimate of drug-likeness (QED) is 0.199. The molecule has 224 valence electrons. The van der Waals surface area contributed by atoms with Crippen molar-refractivity contribution in [2.24, 2.45) is 0 Å². The van der Waals surface area contributed by atoms with Crippen LogP contribution in [0.2, 0.25) is 0 Å². The Kier molecular flexibility index (Phi) is 6.44. The van der Waals surface area contributed by atoms with Gasteiger partial charge in [-0.05, 0) is 95.2 Å². The lowest BCUT2D eigenvalue weighted by atomic mass is 9.97. The number of fused-ring (bicyclic) bond motifs is 9. The van der Waals surface area contributed by atoms with Crippen LogP contribution in [0, 0.1) is 0 Å². The van der Waals surface area contributed by atoms with Crippen molar-refractivity contribution in [3.63, 3.8) is 0 Å². The molecule has 0 radical (unpaired) electrons. The maximum atomic E-state index is 6.13. The molecule has 10 aromatic rings. The Balaban J connectivity index is 0.00000149. The molecule has 3 aromatic heterocycles. The van der Waals surface area contributed by atoms with Gasteiger partial charge in [-0.25, -0.2) is 0 Å². The first-order valence-electron chi connectivity index (χ1n) is 15.7. The van der Waals surface area contributed by atoms with Gasteiger partial charge in [0.15, 0.2) is 0 Å². The molecule has 10 rings (SSSR count). The zero-order valence-corrected chi connectivity index (χ0v) is 26.5. The summed E-state index contributed by atoms with van der Waals surface area (Å²) in [5, 5.41) is 7.02. The second-order valence-corrected chi connectivity index (χ2v) is 11.8. The maximum Gasteiger partial charge on any atom is 0.135 e. The number of furan rings is 2. The van der Waals surface area contributed by atoms with E-state index < -0.39 is 0 Å². The van der Waals surface area contributed by atoms with Crippen LogP contribution in [0.5, 0.6) is 0 Å². The molecule has 0 aliphatic carbocycles. The third-order valence-corrected chi connectivity index (χ3v) is 9.20. The molecule has 0 atom stereocenters. The molecule has 0 aliphatic heterocycles. The zero-order chi connectivity index (χ0) is 31.5. The van der Waals surface area contributed by atoms with Crippen LogP contribution in [-0.4, -0.2) is 10.8 Å². The van der Waals surface area contributed by atoms with Crippen LogP contribution in [-0.2, 0) is 0 Å². The number of aromatic nitrogens is 1. The topological polar surface area (TPSA) is 31.2 Å². The summed E-state index contributed by atoms with van der Waals surface area (Å²) in [7, 11) is 0. The van der Waals surface area contributed by atoms with Crippen LogP contribution in [0.25, 0.3) is 93.6 Å². The van der Waals surface area contributed by atoms with Crippen molar-refractivity contribution in [2.75, 3.05) is 6.26 Å². The van der Waals surface area contributed by atoms with Gasteiger partial charge in [0.1, 0.15) is 22.3 Å². The van der Waals surface area contributed by atoms with Gasteiger partial charge in [0, 0.05) is 38.0 Å². The van der Waals surface area contributed by atoms with E-state index in [9.17, 15) is 0 Å². The van der Waals surface area contributed by atoms with E-state index >= 15 is 0 Å². The highest BCUT2D eigenvalue weighted by atomic mass is 32.1. The lowest BCUT2D eigenvalue weighted by Crippen LogP contribution is -1.93. The van der Waals surface area contributed by atoms with Crippen molar-refractivity contribution in [1.82, 2.24) is 4.57 Å². The van der Waals surface area contributed by atoms with Gasteiger partial charge in [-0.2, -0.15) is 12.6 Å². The molecular formula is C43H29NO2S. The first-order chi connectivity index (χ1) is 23.3. The molecule has 0 saturated heterocycles. The third-order valence-electron chi connectivity index (χ3n) is 9.20. The van der Waals surface area contributed by atoms with Crippen molar-refractivity contribution >= 4 is 78.3 Å². The first kappa shape index (κ1) is 27.6. The van der Waals surface area contributed by atoms with Crippen LogP contribution in [0.4, 0.5) is 0 Å². The number of benzene rings is 7. The summed E-state index contributed by atoms with van der Waals surface area (Å²) in [5.41, 5.74) is 11.9. The largest absolute Gasteiger partial charge is 0.456 e. The number of thiol groups is 1. The van der Waals surface area contributed by atoms with Crippen molar-refractivity contribution in [3.05, 3.63) is 152 Å². The van der Waals surface area contributed by atoms with Crippen molar-refractivity contribution in [2.45, 2.75) is 0 Å². The fraction of sp³-hybridized carbons (Fsp3) is 0.0233. The maximum absolute atomic E-state index is 6.13. The molecule has 0 fully saturated rings. The van der Waals surface area contributed by atoms with Crippen LogP contribution in [0.1, 0.15) is 0 Å². The number of nitrogens with zero attached hydrogens (tertiary/aromatic N) is 1. The molecular weight excluding hydrogens is 595 g/mol. The third kappa shape index (κ3) is 4.37. The second-order valence-electron chi connectivity index (χ2n) is 11.8. The van der Waals surface area contributed by atoms with E-state index in [4.69, 9.17) is 8.83 Å². The molecule has 7 aromatic carbocycles. The molecule has 0 aliphatic rings. The molecule has 0 amide bonds. The Morgan fingerprint density at radius 1 is 0.362 bits per heavy atom. The van der Waals surface area contributed by atoms with Gasteiger partial charge in [-0.3, -0.25) is 0 Å². The monoisotopic (exact) mass is 623 g/mol. The van der Waals surface area contributed by atoms with Crippen molar-refractivity contribution < 1.29 is 8.83 Å². The van der Waals surface area contributed by atoms with E-state index in [0.29, 0.717) is 0 Å². The van der Waals surface area contributed by atoms with E-state index in [2.05, 4.69) is 145 Å². The van der Waals surface area contributed by atoms with E-state index in [0.717, 1.165) is 49.6 Å². The molecule has 0 saturated carbocycles. The number of para-hydroxylation sites is 3. The normalized spacial score (nSPS) is 11.6. The van der Waals surface area contributed by atoms with Gasteiger partial charge in [0.05, 0.1) is 11.0 Å². The molecule has 3 heterocycles. The minimum absolute atomic E-state index is 0.906. The van der Waals surface area contributed by atoms with Crippen LogP contribution in [0.15, 0.2) is 160 Å². The first-order valence-corrected chi connectivity index (χ1v) is 16.6. The predicted octanol–water partition coefficient (Wildman–Crippen LogP) is 12.5. The fourth-order valence-corrected chi connectivity index (χ4v) is 7.07. The van der Waals surface area contributed by atoms with E-state index in [-0.39, 0.29) is 0 Å². The Labute approximate surface area is 276 Å². The molecule has 0 unspecified atom stereocenters. The molecule has 0 spiro atoms. The van der Waals surface area contributed by atoms with Gasteiger partial charge in [-0.15, -0.1) is 0 Å². The molecule has 47 heavy (non-hydrogen) atoms. The van der Waals surface area contributed by atoms with E-state index in [1.54, 1.807) is 6.26 Å². The highest BCUT2D eigenvalue weighted by Gasteiger charge is 2.16. The van der Waals surface area contributed by atoms with Gasteiger partial charge in [0.2, 0.25) is 0 Å². The van der Waals surface area contributed by atoms with Crippen molar-refractivity contribution in [3.8, 4) is 27.9 Å². The van der Waals surface area contributed by atoms with E-state index in [1.807, 2.05) is 24.3 Å². The second kappa shape index (κ2) is 11.0. The minimum atomic E-state index is 0.906. The number of hydrogen-bond donors (Lipinski definition) is 1. The van der Waals surface area contributed by atoms with Crippen LogP contribution < -0.4 is 0 Å². The molecule has 0 bridgehead atoms. The van der Waals surface area contributed by atoms with Gasteiger partial charge < -0.3 is 13.4 Å². The summed E-state index contributed by atoms with van der Waals surface area (Å²) >= 11 is 3.53. The average molecular weight is 624 g/mol.